The molecule has 0 aromatic heterocycles. The van der Waals surface area contributed by atoms with Crippen molar-refractivity contribution in [3.63, 3.8) is 0 Å². The molecule has 0 aliphatic heterocycles. The molecule has 0 fully saturated rings. The zero-order valence-corrected chi connectivity index (χ0v) is 15.3. The van der Waals surface area contributed by atoms with Crippen molar-refractivity contribution in [1.29, 1.82) is 0 Å². The molecule has 7 heteroatoms. The summed E-state index contributed by atoms with van der Waals surface area (Å²) in [6.45, 7) is 7.91. The summed E-state index contributed by atoms with van der Waals surface area (Å²) in [5, 5.41) is 3.22. The van der Waals surface area contributed by atoms with Crippen molar-refractivity contribution in [1.82, 2.24) is 14.9 Å². The van der Waals surface area contributed by atoms with Crippen LogP contribution in [0.5, 0.6) is 0 Å². The van der Waals surface area contributed by atoms with Crippen LogP contribution in [0, 0.1) is 6.92 Å². The number of hydrogen-bond acceptors (Lipinski definition) is 3. The van der Waals surface area contributed by atoms with Gasteiger partial charge in [0.1, 0.15) is 0 Å². The minimum atomic E-state index is -3.16. The van der Waals surface area contributed by atoms with E-state index in [4.69, 9.17) is 0 Å². The van der Waals surface area contributed by atoms with Crippen LogP contribution in [0.2, 0.25) is 0 Å². The number of hydrogen-bond donors (Lipinski definition) is 2. The molecule has 1 aromatic carbocycles. The monoisotopic (exact) mass is 340 g/mol. The van der Waals surface area contributed by atoms with Gasteiger partial charge in [-0.15, -0.1) is 0 Å². The van der Waals surface area contributed by atoms with Crippen LogP contribution in [0.15, 0.2) is 29.3 Å². The molecule has 0 unspecified atom stereocenters. The van der Waals surface area contributed by atoms with E-state index in [-0.39, 0.29) is 5.75 Å². The lowest BCUT2D eigenvalue weighted by Crippen LogP contribution is -2.39. The molecule has 0 heterocycles. The molecule has 0 atom stereocenters. The van der Waals surface area contributed by atoms with E-state index in [9.17, 15) is 8.42 Å². The van der Waals surface area contributed by atoms with E-state index in [2.05, 4.69) is 46.2 Å². The third kappa shape index (κ3) is 7.47. The maximum Gasteiger partial charge on any atom is 0.211 e. The smallest absolute Gasteiger partial charge is 0.211 e. The topological polar surface area (TPSA) is 73.8 Å². The van der Waals surface area contributed by atoms with E-state index in [0.717, 1.165) is 19.0 Å². The first-order valence-corrected chi connectivity index (χ1v) is 9.55. The Morgan fingerprint density at radius 3 is 2.43 bits per heavy atom. The third-order valence-corrected chi connectivity index (χ3v) is 4.72. The van der Waals surface area contributed by atoms with Crippen LogP contribution < -0.4 is 10.0 Å². The van der Waals surface area contributed by atoms with Gasteiger partial charge in [0.05, 0.1) is 12.3 Å². The van der Waals surface area contributed by atoms with Gasteiger partial charge in [0.25, 0.3) is 0 Å². The van der Waals surface area contributed by atoms with Crippen molar-refractivity contribution in [2.75, 3.05) is 32.4 Å². The molecule has 1 aromatic rings. The van der Waals surface area contributed by atoms with Gasteiger partial charge in [0, 0.05) is 26.7 Å². The summed E-state index contributed by atoms with van der Waals surface area (Å²) in [4.78, 5) is 6.50. The molecule has 0 radical (unpaired) electrons. The first-order valence-electron chi connectivity index (χ1n) is 7.90. The number of sulfonamides is 1. The Labute approximate surface area is 140 Å². The van der Waals surface area contributed by atoms with Gasteiger partial charge >= 0.3 is 0 Å². The van der Waals surface area contributed by atoms with E-state index in [0.29, 0.717) is 13.1 Å². The van der Waals surface area contributed by atoms with Crippen molar-refractivity contribution in [2.45, 2.75) is 27.3 Å². The molecule has 0 saturated carbocycles. The Bertz CT molecular complexity index is 597. The fourth-order valence-electron chi connectivity index (χ4n) is 1.98. The van der Waals surface area contributed by atoms with Gasteiger partial charge in [-0.3, -0.25) is 4.99 Å². The Kier molecular flexibility index (Phi) is 8.05. The van der Waals surface area contributed by atoms with Crippen molar-refractivity contribution in [3.05, 3.63) is 35.4 Å². The molecule has 0 bridgehead atoms. The number of nitrogens with one attached hydrogen (secondary N) is 2. The van der Waals surface area contributed by atoms with E-state index in [1.165, 1.54) is 11.1 Å². The van der Waals surface area contributed by atoms with Gasteiger partial charge in [-0.25, -0.2) is 13.1 Å². The average Bonchev–Trinajstić information content (AvgIpc) is 2.52. The number of benzene rings is 1. The summed E-state index contributed by atoms with van der Waals surface area (Å²) in [5.74, 6) is 0.855. The van der Waals surface area contributed by atoms with Gasteiger partial charge in [-0.1, -0.05) is 29.8 Å². The minimum Gasteiger partial charge on any atom is -0.357 e. The highest BCUT2D eigenvalue weighted by Gasteiger charge is 2.07. The molecule has 6 nitrogen and oxygen atoms in total. The number of guanidine groups is 1. The first kappa shape index (κ1) is 19.4. The van der Waals surface area contributed by atoms with Crippen LogP contribution in [-0.4, -0.2) is 51.7 Å². The van der Waals surface area contributed by atoms with Gasteiger partial charge in [-0.2, -0.15) is 0 Å². The van der Waals surface area contributed by atoms with E-state index in [1.807, 2.05) is 18.9 Å². The number of aliphatic imine (C=N–C) groups is 1. The van der Waals surface area contributed by atoms with Crippen LogP contribution in [0.3, 0.4) is 0 Å². The third-order valence-electron chi connectivity index (χ3n) is 3.31. The summed E-state index contributed by atoms with van der Waals surface area (Å²) in [6, 6.07) is 8.38. The number of nitrogens with zero attached hydrogens (tertiary/aromatic N) is 2. The summed E-state index contributed by atoms with van der Waals surface area (Å²) >= 11 is 0. The lowest BCUT2D eigenvalue weighted by Gasteiger charge is -2.22. The van der Waals surface area contributed by atoms with E-state index < -0.39 is 10.0 Å². The second-order valence-corrected chi connectivity index (χ2v) is 7.47. The van der Waals surface area contributed by atoms with Crippen LogP contribution in [-0.2, 0) is 16.6 Å². The van der Waals surface area contributed by atoms with Crippen LogP contribution >= 0.6 is 0 Å². The van der Waals surface area contributed by atoms with E-state index in [1.54, 1.807) is 6.92 Å². The van der Waals surface area contributed by atoms with Gasteiger partial charge < -0.3 is 10.2 Å². The Morgan fingerprint density at radius 2 is 1.87 bits per heavy atom. The van der Waals surface area contributed by atoms with Crippen molar-refractivity contribution in [3.8, 4) is 0 Å². The first-order chi connectivity index (χ1) is 10.9. The molecule has 0 aliphatic carbocycles. The van der Waals surface area contributed by atoms with Crippen LogP contribution in [0.4, 0.5) is 0 Å². The SMILES string of the molecule is CCNC(=NCCNS(=O)(=O)CC)N(C)Cc1ccc(C)cc1. The predicted molar refractivity (Wildman–Crippen MR) is 96.1 cm³/mol. The molecule has 0 aliphatic rings. The zero-order chi connectivity index (χ0) is 17.3. The van der Waals surface area contributed by atoms with Gasteiger partial charge in [-0.05, 0) is 26.3 Å². The highest BCUT2D eigenvalue weighted by molar-refractivity contribution is 7.89. The van der Waals surface area contributed by atoms with Crippen molar-refractivity contribution < 1.29 is 8.42 Å². The molecule has 23 heavy (non-hydrogen) atoms. The molecular weight excluding hydrogens is 312 g/mol. The predicted octanol–water partition coefficient (Wildman–Crippen LogP) is 1.33. The second-order valence-electron chi connectivity index (χ2n) is 5.38. The van der Waals surface area contributed by atoms with Gasteiger partial charge in [0.15, 0.2) is 5.96 Å². The lowest BCUT2D eigenvalue weighted by atomic mass is 10.1. The molecule has 2 N–H and O–H groups in total. The molecule has 0 spiro atoms. The molecule has 1 rings (SSSR count). The molecule has 130 valence electrons. The summed E-state index contributed by atoms with van der Waals surface area (Å²) in [6.07, 6.45) is 0. The Hall–Kier alpha value is -1.60. The summed E-state index contributed by atoms with van der Waals surface area (Å²) < 4.78 is 25.3. The Morgan fingerprint density at radius 1 is 1.22 bits per heavy atom. The highest BCUT2D eigenvalue weighted by atomic mass is 32.2. The van der Waals surface area contributed by atoms with Crippen LogP contribution in [0.1, 0.15) is 25.0 Å². The Balaban J connectivity index is 2.61. The van der Waals surface area contributed by atoms with Crippen LogP contribution in [0.25, 0.3) is 0 Å². The average molecular weight is 340 g/mol. The van der Waals surface area contributed by atoms with E-state index >= 15 is 0 Å². The number of aryl methyl sites for hydroxylation is 1. The summed E-state index contributed by atoms with van der Waals surface area (Å²) in [5.41, 5.74) is 2.44. The highest BCUT2D eigenvalue weighted by Crippen LogP contribution is 2.06. The van der Waals surface area contributed by atoms with Crippen molar-refractivity contribution in [2.24, 2.45) is 4.99 Å². The fraction of sp³-hybridized carbons (Fsp3) is 0.562. The quantitative estimate of drug-likeness (QED) is 0.425. The standard InChI is InChI=1S/C16H28N4O2S/c1-5-17-16(18-11-12-19-23(21,22)6-2)20(4)13-15-9-7-14(3)8-10-15/h7-10,19H,5-6,11-13H2,1-4H3,(H,17,18). The lowest BCUT2D eigenvalue weighted by molar-refractivity contribution is 0.477. The normalized spacial score (nSPS) is 12.3. The molecular formula is C16H28N4O2S. The zero-order valence-electron chi connectivity index (χ0n) is 14.5. The maximum absolute atomic E-state index is 11.4. The maximum atomic E-state index is 11.4. The molecule has 0 amide bonds. The fourth-order valence-corrected chi connectivity index (χ4v) is 2.58. The summed E-state index contributed by atoms with van der Waals surface area (Å²) in [7, 11) is -1.19. The van der Waals surface area contributed by atoms with Gasteiger partial charge in [0.2, 0.25) is 10.0 Å². The minimum absolute atomic E-state index is 0.0874. The second kappa shape index (κ2) is 9.52. The number of rotatable bonds is 8. The molecule has 0 saturated heterocycles. The van der Waals surface area contributed by atoms with Crippen molar-refractivity contribution >= 4 is 16.0 Å². The largest absolute Gasteiger partial charge is 0.357 e.